The van der Waals surface area contributed by atoms with Crippen LogP contribution in [0.25, 0.3) is 12.2 Å². The molecule has 0 saturated carbocycles. The highest BCUT2D eigenvalue weighted by atomic mass is 16.2. The number of nitrogens with zero attached hydrogens (tertiary/aromatic N) is 1. The molecule has 0 fully saturated rings. The molecule has 4 nitrogen and oxygen atoms in total. The predicted octanol–water partition coefficient (Wildman–Crippen LogP) is 4.06. The molecule has 1 aromatic heterocycles. The fourth-order valence-electron chi connectivity index (χ4n) is 2.60. The van der Waals surface area contributed by atoms with E-state index in [-0.39, 0.29) is 23.8 Å². The summed E-state index contributed by atoms with van der Waals surface area (Å²) in [5.41, 5.74) is 2.79. The smallest absolute Gasteiger partial charge is 0.248 e. The van der Waals surface area contributed by atoms with Crippen molar-refractivity contribution < 1.29 is 9.59 Å². The van der Waals surface area contributed by atoms with E-state index in [0.29, 0.717) is 0 Å². The summed E-state index contributed by atoms with van der Waals surface area (Å²) in [7, 11) is 0. The summed E-state index contributed by atoms with van der Waals surface area (Å²) < 4.78 is 0. The van der Waals surface area contributed by atoms with Crippen LogP contribution in [0.15, 0.2) is 97.0 Å². The number of aromatic nitrogens is 1. The maximum absolute atomic E-state index is 12.8. The molecule has 0 unspecified atom stereocenters. The van der Waals surface area contributed by atoms with E-state index in [2.05, 4.69) is 10.3 Å². The van der Waals surface area contributed by atoms with E-state index in [4.69, 9.17) is 0 Å². The second-order valence-corrected chi connectivity index (χ2v) is 6.16. The Hall–Kier alpha value is -3.79. The number of rotatable bonds is 7. The molecule has 138 valence electrons. The average Bonchev–Trinajstić information content (AvgIpc) is 2.74. The number of nitrogens with one attached hydrogen (secondary N) is 1. The zero-order valence-electron chi connectivity index (χ0n) is 15.3. The summed E-state index contributed by atoms with van der Waals surface area (Å²) in [5, 5.41) is 2.72. The van der Waals surface area contributed by atoms with Gasteiger partial charge in [0, 0.05) is 24.9 Å². The van der Waals surface area contributed by atoms with Crippen LogP contribution < -0.4 is 5.32 Å². The number of hydrogen-bond donors (Lipinski definition) is 1. The monoisotopic (exact) mass is 368 g/mol. The van der Waals surface area contributed by atoms with Crippen LogP contribution in [-0.4, -0.2) is 16.7 Å². The minimum Gasteiger partial charge on any atom is -0.319 e. The van der Waals surface area contributed by atoms with Gasteiger partial charge in [-0.3, -0.25) is 14.6 Å². The molecule has 4 heteroatoms. The largest absolute Gasteiger partial charge is 0.319 e. The summed E-state index contributed by atoms with van der Waals surface area (Å²) in [5.74, 6) is -0.538. The second-order valence-electron chi connectivity index (χ2n) is 6.16. The van der Waals surface area contributed by atoms with Crippen molar-refractivity contribution in [2.75, 3.05) is 0 Å². The molecule has 0 bridgehead atoms. The molecule has 0 aliphatic carbocycles. The number of carbonyl (C=O) groups excluding carboxylic acids is 2. The van der Waals surface area contributed by atoms with Gasteiger partial charge in [-0.25, -0.2) is 0 Å². The third-order valence-electron chi connectivity index (χ3n) is 3.98. The van der Waals surface area contributed by atoms with Crippen LogP contribution in [0.4, 0.5) is 0 Å². The molecule has 1 N–H and O–H groups in total. The number of pyridine rings is 1. The zero-order valence-corrected chi connectivity index (χ0v) is 15.3. The van der Waals surface area contributed by atoms with Gasteiger partial charge < -0.3 is 5.32 Å². The number of allylic oxidation sites excluding steroid dienone is 1. The highest BCUT2D eigenvalue weighted by Crippen LogP contribution is 2.09. The summed E-state index contributed by atoms with van der Waals surface area (Å²) in [6.45, 7) is 0. The van der Waals surface area contributed by atoms with Gasteiger partial charge in [-0.1, -0.05) is 66.7 Å². The van der Waals surface area contributed by atoms with Gasteiger partial charge in [-0.05, 0) is 34.9 Å². The van der Waals surface area contributed by atoms with E-state index in [1.807, 2.05) is 66.7 Å². The van der Waals surface area contributed by atoms with Crippen molar-refractivity contribution in [1.29, 1.82) is 0 Å². The average molecular weight is 368 g/mol. The fourth-order valence-corrected chi connectivity index (χ4v) is 2.60. The third-order valence-corrected chi connectivity index (χ3v) is 3.98. The van der Waals surface area contributed by atoms with Crippen LogP contribution in [-0.2, 0) is 16.0 Å². The number of carbonyl (C=O) groups is 2. The van der Waals surface area contributed by atoms with E-state index >= 15 is 0 Å². The van der Waals surface area contributed by atoms with Crippen molar-refractivity contribution in [2.24, 2.45) is 0 Å². The Labute approximate surface area is 164 Å². The third kappa shape index (κ3) is 5.88. The van der Waals surface area contributed by atoms with Crippen molar-refractivity contribution >= 4 is 23.8 Å². The maximum atomic E-state index is 12.8. The Bertz CT molecular complexity index is 979. The van der Waals surface area contributed by atoms with Gasteiger partial charge in [0.25, 0.3) is 0 Å². The normalized spacial score (nSPS) is 11.4. The Morgan fingerprint density at radius 3 is 2.18 bits per heavy atom. The van der Waals surface area contributed by atoms with Gasteiger partial charge in [0.15, 0.2) is 5.78 Å². The first kappa shape index (κ1) is 19.0. The van der Waals surface area contributed by atoms with E-state index in [1.54, 1.807) is 30.6 Å². The standard InChI is InChI=1S/C24H20N2O2/c27-23(17-21-12-7-15-25-18-21)22(16-20-10-5-2-6-11-20)26-24(28)14-13-19-8-3-1-4-9-19/h1-16,18H,17H2,(H,26,28)/b14-13+,22-16-. The molecule has 3 aromatic rings. The topological polar surface area (TPSA) is 59.1 Å². The van der Waals surface area contributed by atoms with Crippen molar-refractivity contribution in [3.05, 3.63) is 114 Å². The van der Waals surface area contributed by atoms with Gasteiger partial charge in [-0.15, -0.1) is 0 Å². The maximum Gasteiger partial charge on any atom is 0.248 e. The van der Waals surface area contributed by atoms with E-state index in [9.17, 15) is 9.59 Å². The molecule has 0 radical (unpaired) electrons. The van der Waals surface area contributed by atoms with Crippen LogP contribution in [0.3, 0.4) is 0 Å². The van der Waals surface area contributed by atoms with Gasteiger partial charge >= 0.3 is 0 Å². The van der Waals surface area contributed by atoms with Crippen molar-refractivity contribution in [3.63, 3.8) is 0 Å². The van der Waals surface area contributed by atoms with E-state index < -0.39 is 0 Å². The van der Waals surface area contributed by atoms with Crippen LogP contribution in [0.1, 0.15) is 16.7 Å². The van der Waals surface area contributed by atoms with Crippen molar-refractivity contribution in [2.45, 2.75) is 6.42 Å². The second kappa shape index (κ2) is 9.78. The Morgan fingerprint density at radius 1 is 0.857 bits per heavy atom. The first-order valence-corrected chi connectivity index (χ1v) is 8.94. The number of hydrogen-bond acceptors (Lipinski definition) is 3. The first-order valence-electron chi connectivity index (χ1n) is 8.94. The zero-order chi connectivity index (χ0) is 19.6. The number of benzene rings is 2. The molecular formula is C24H20N2O2. The van der Waals surface area contributed by atoms with Gasteiger partial charge in [0.2, 0.25) is 5.91 Å². The lowest BCUT2D eigenvalue weighted by Gasteiger charge is -2.08. The van der Waals surface area contributed by atoms with Crippen LogP contribution in [0, 0.1) is 0 Å². The van der Waals surface area contributed by atoms with E-state index in [0.717, 1.165) is 16.7 Å². The number of ketones is 1. The fraction of sp³-hybridized carbons (Fsp3) is 0.0417. The van der Waals surface area contributed by atoms with Crippen molar-refractivity contribution in [1.82, 2.24) is 10.3 Å². The van der Waals surface area contributed by atoms with Crippen LogP contribution in [0.2, 0.25) is 0 Å². The SMILES string of the molecule is O=C(/C=C/c1ccccc1)N/C(=C\c1ccccc1)C(=O)Cc1cccnc1. The summed E-state index contributed by atoms with van der Waals surface area (Å²) in [6, 6.07) is 22.5. The summed E-state index contributed by atoms with van der Waals surface area (Å²) in [6.07, 6.45) is 8.29. The first-order chi connectivity index (χ1) is 13.7. The van der Waals surface area contributed by atoms with Gasteiger partial charge in [-0.2, -0.15) is 0 Å². The lowest BCUT2D eigenvalue weighted by atomic mass is 10.1. The molecule has 0 spiro atoms. The molecule has 3 rings (SSSR count). The quantitative estimate of drug-likeness (QED) is 0.640. The van der Waals surface area contributed by atoms with Gasteiger partial charge in [0.1, 0.15) is 0 Å². The lowest BCUT2D eigenvalue weighted by molar-refractivity contribution is -0.119. The lowest BCUT2D eigenvalue weighted by Crippen LogP contribution is -2.26. The van der Waals surface area contributed by atoms with Crippen LogP contribution in [0.5, 0.6) is 0 Å². The minimum absolute atomic E-state index is 0.162. The summed E-state index contributed by atoms with van der Waals surface area (Å²) >= 11 is 0. The molecule has 2 aromatic carbocycles. The molecule has 28 heavy (non-hydrogen) atoms. The van der Waals surface area contributed by atoms with Gasteiger partial charge in [0.05, 0.1) is 5.70 Å². The molecule has 1 heterocycles. The van der Waals surface area contributed by atoms with Crippen LogP contribution >= 0.6 is 0 Å². The molecule has 0 aliphatic rings. The molecule has 0 saturated heterocycles. The minimum atomic E-state index is -0.356. The molecule has 1 amide bonds. The van der Waals surface area contributed by atoms with Crippen molar-refractivity contribution in [3.8, 4) is 0 Å². The molecule has 0 atom stereocenters. The predicted molar refractivity (Wildman–Crippen MR) is 111 cm³/mol. The Kier molecular flexibility index (Phi) is 6.63. The molecule has 0 aliphatic heterocycles. The summed E-state index contributed by atoms with van der Waals surface area (Å²) in [4.78, 5) is 29.2. The Morgan fingerprint density at radius 2 is 1.54 bits per heavy atom. The highest BCUT2D eigenvalue weighted by molar-refractivity contribution is 6.05. The molecular weight excluding hydrogens is 348 g/mol. The Balaban J connectivity index is 1.78. The van der Waals surface area contributed by atoms with E-state index in [1.165, 1.54) is 6.08 Å². The highest BCUT2D eigenvalue weighted by Gasteiger charge is 2.13. The number of amides is 1. The number of Topliss-reactive ketones (excluding diaryl/α,β-unsaturated/α-hetero) is 1.